The number of nitrogens with zero attached hydrogens (tertiary/aromatic N) is 4. The number of anilines is 1. The molecule has 1 aliphatic rings. The van der Waals surface area contributed by atoms with Gasteiger partial charge in [0.1, 0.15) is 6.04 Å². The topological polar surface area (TPSA) is 68.8 Å². The predicted octanol–water partition coefficient (Wildman–Crippen LogP) is 1.85. The van der Waals surface area contributed by atoms with Gasteiger partial charge >= 0.3 is 0 Å². The Morgan fingerprint density at radius 1 is 1.53 bits per heavy atom. The molecule has 1 aliphatic carbocycles. The average Bonchev–Trinajstić information content (AvgIpc) is 2.88. The zero-order valence-corrected chi connectivity index (χ0v) is 9.92. The fourth-order valence-corrected chi connectivity index (χ4v) is 1.74. The molecule has 6 nitrogen and oxygen atoms in total. The summed E-state index contributed by atoms with van der Waals surface area (Å²) in [6.45, 7) is 2.00. The minimum atomic E-state index is -0.000741. The van der Waals surface area contributed by atoms with Gasteiger partial charge < -0.3 is 9.84 Å². The van der Waals surface area contributed by atoms with Crippen molar-refractivity contribution in [2.45, 2.75) is 31.7 Å². The van der Waals surface area contributed by atoms with E-state index in [-0.39, 0.29) is 6.04 Å². The Morgan fingerprint density at radius 3 is 3.00 bits per heavy atom. The molecule has 3 rings (SSSR count). The molecule has 2 aromatic heterocycles. The van der Waals surface area contributed by atoms with Crippen molar-refractivity contribution in [2.24, 2.45) is 7.05 Å². The van der Waals surface area contributed by atoms with Crippen LogP contribution in [0.15, 0.2) is 16.9 Å². The van der Waals surface area contributed by atoms with Crippen molar-refractivity contribution in [3.05, 3.63) is 24.1 Å². The van der Waals surface area contributed by atoms with E-state index in [1.54, 1.807) is 10.9 Å². The van der Waals surface area contributed by atoms with E-state index in [1.807, 2.05) is 20.2 Å². The summed E-state index contributed by atoms with van der Waals surface area (Å²) in [4.78, 5) is 4.41. The van der Waals surface area contributed by atoms with Gasteiger partial charge in [0.15, 0.2) is 5.82 Å². The van der Waals surface area contributed by atoms with Gasteiger partial charge in [0.05, 0.1) is 11.9 Å². The second kappa shape index (κ2) is 3.87. The summed E-state index contributed by atoms with van der Waals surface area (Å²) in [6.07, 6.45) is 6.05. The number of hydrogen-bond acceptors (Lipinski definition) is 5. The van der Waals surface area contributed by atoms with Crippen LogP contribution in [0.1, 0.15) is 43.4 Å². The monoisotopic (exact) mass is 233 g/mol. The first-order valence-electron chi connectivity index (χ1n) is 5.81. The highest BCUT2D eigenvalue weighted by molar-refractivity contribution is 5.39. The Kier molecular flexibility index (Phi) is 2.35. The van der Waals surface area contributed by atoms with E-state index in [0.29, 0.717) is 11.8 Å². The van der Waals surface area contributed by atoms with Crippen molar-refractivity contribution in [1.29, 1.82) is 0 Å². The first-order valence-corrected chi connectivity index (χ1v) is 5.81. The molecule has 2 aromatic rings. The van der Waals surface area contributed by atoms with Crippen LogP contribution in [-0.4, -0.2) is 19.9 Å². The number of aromatic nitrogens is 4. The molecule has 0 aliphatic heterocycles. The van der Waals surface area contributed by atoms with Crippen LogP contribution in [0.4, 0.5) is 5.69 Å². The molecule has 1 atom stereocenters. The first-order chi connectivity index (χ1) is 8.22. The molecule has 1 unspecified atom stereocenters. The lowest BCUT2D eigenvalue weighted by atomic mass is 10.3. The molecule has 6 heteroatoms. The Bertz CT molecular complexity index is 513. The summed E-state index contributed by atoms with van der Waals surface area (Å²) in [6, 6.07) is -0.000741. The summed E-state index contributed by atoms with van der Waals surface area (Å²) in [7, 11) is 1.88. The molecule has 0 spiro atoms. The molecule has 1 saturated carbocycles. The molecule has 1 N–H and O–H groups in total. The maximum Gasteiger partial charge on any atom is 0.248 e. The lowest BCUT2D eigenvalue weighted by Gasteiger charge is -2.07. The Morgan fingerprint density at radius 2 is 2.35 bits per heavy atom. The zero-order chi connectivity index (χ0) is 11.8. The molecule has 1 fully saturated rings. The van der Waals surface area contributed by atoms with Crippen LogP contribution in [0.3, 0.4) is 0 Å². The van der Waals surface area contributed by atoms with E-state index in [0.717, 1.165) is 11.5 Å². The normalized spacial score (nSPS) is 17.1. The van der Waals surface area contributed by atoms with Gasteiger partial charge in [0, 0.05) is 19.2 Å². The van der Waals surface area contributed by atoms with Gasteiger partial charge in [0.2, 0.25) is 5.89 Å². The minimum Gasteiger partial charge on any atom is -0.371 e. The van der Waals surface area contributed by atoms with Crippen LogP contribution in [-0.2, 0) is 7.05 Å². The molecular weight excluding hydrogens is 218 g/mol. The van der Waals surface area contributed by atoms with Crippen molar-refractivity contribution >= 4 is 5.69 Å². The zero-order valence-electron chi connectivity index (χ0n) is 9.92. The quantitative estimate of drug-likeness (QED) is 0.872. The van der Waals surface area contributed by atoms with E-state index in [9.17, 15) is 0 Å². The maximum atomic E-state index is 5.26. The second-order valence-corrected chi connectivity index (χ2v) is 4.53. The Hall–Kier alpha value is -1.85. The fraction of sp³-hybridized carbons (Fsp3) is 0.545. The van der Waals surface area contributed by atoms with Gasteiger partial charge in [-0.05, 0) is 19.8 Å². The summed E-state index contributed by atoms with van der Waals surface area (Å²) in [5.41, 5.74) is 0.950. The number of rotatable bonds is 4. The van der Waals surface area contributed by atoms with Gasteiger partial charge in [-0.25, -0.2) is 0 Å². The predicted molar refractivity (Wildman–Crippen MR) is 61.5 cm³/mol. The van der Waals surface area contributed by atoms with Crippen LogP contribution in [0.2, 0.25) is 0 Å². The molecule has 0 bridgehead atoms. The molecule has 0 aromatic carbocycles. The summed E-state index contributed by atoms with van der Waals surface area (Å²) in [5, 5.41) is 11.4. The van der Waals surface area contributed by atoms with Crippen molar-refractivity contribution in [1.82, 2.24) is 19.9 Å². The van der Waals surface area contributed by atoms with E-state index >= 15 is 0 Å². The minimum absolute atomic E-state index is 0.000741. The number of aryl methyl sites for hydroxylation is 1. The summed E-state index contributed by atoms with van der Waals surface area (Å²) < 4.78 is 7.00. The third-order valence-electron chi connectivity index (χ3n) is 2.86. The SMILES string of the molecule is CC(Nc1cnn(C)c1)c1nc(C2CC2)no1. The highest BCUT2D eigenvalue weighted by Crippen LogP contribution is 2.38. The van der Waals surface area contributed by atoms with Crippen LogP contribution in [0.5, 0.6) is 0 Å². The summed E-state index contributed by atoms with van der Waals surface area (Å²) >= 11 is 0. The highest BCUT2D eigenvalue weighted by atomic mass is 16.5. The standard InChI is InChI=1S/C11H15N5O/c1-7(13-9-5-12-16(2)6-9)11-14-10(15-17-11)8-3-4-8/h5-8,13H,3-4H2,1-2H3. The largest absolute Gasteiger partial charge is 0.371 e. The van der Waals surface area contributed by atoms with Crippen molar-refractivity contribution < 1.29 is 4.52 Å². The van der Waals surface area contributed by atoms with Gasteiger partial charge in [-0.3, -0.25) is 4.68 Å². The van der Waals surface area contributed by atoms with Gasteiger partial charge in [0.25, 0.3) is 0 Å². The Labute approximate surface area is 99.0 Å². The molecule has 2 heterocycles. The molecule has 17 heavy (non-hydrogen) atoms. The summed E-state index contributed by atoms with van der Waals surface area (Å²) in [5.74, 6) is 2.01. The molecule has 0 radical (unpaired) electrons. The molecule has 0 saturated heterocycles. The van der Waals surface area contributed by atoms with Gasteiger partial charge in [-0.15, -0.1) is 0 Å². The number of nitrogens with one attached hydrogen (secondary N) is 1. The van der Waals surface area contributed by atoms with Crippen LogP contribution in [0.25, 0.3) is 0 Å². The Balaban J connectivity index is 1.69. The van der Waals surface area contributed by atoms with Crippen LogP contribution >= 0.6 is 0 Å². The van der Waals surface area contributed by atoms with Gasteiger partial charge in [-0.2, -0.15) is 10.1 Å². The molecule has 0 amide bonds. The molecular formula is C11H15N5O. The smallest absolute Gasteiger partial charge is 0.248 e. The number of hydrogen-bond donors (Lipinski definition) is 1. The lowest BCUT2D eigenvalue weighted by molar-refractivity contribution is 0.363. The second-order valence-electron chi connectivity index (χ2n) is 4.53. The third kappa shape index (κ3) is 2.15. The average molecular weight is 233 g/mol. The third-order valence-corrected chi connectivity index (χ3v) is 2.86. The van der Waals surface area contributed by atoms with Crippen LogP contribution in [0, 0.1) is 0 Å². The van der Waals surface area contributed by atoms with Crippen molar-refractivity contribution in [3.63, 3.8) is 0 Å². The van der Waals surface area contributed by atoms with Crippen molar-refractivity contribution in [3.8, 4) is 0 Å². The van der Waals surface area contributed by atoms with E-state index < -0.39 is 0 Å². The first kappa shape index (κ1) is 10.3. The highest BCUT2D eigenvalue weighted by Gasteiger charge is 2.29. The fourth-order valence-electron chi connectivity index (χ4n) is 1.74. The van der Waals surface area contributed by atoms with E-state index in [1.165, 1.54) is 12.8 Å². The molecule has 90 valence electrons. The lowest BCUT2D eigenvalue weighted by Crippen LogP contribution is -2.06. The van der Waals surface area contributed by atoms with Crippen molar-refractivity contribution in [2.75, 3.05) is 5.32 Å². The maximum absolute atomic E-state index is 5.26. The van der Waals surface area contributed by atoms with E-state index in [4.69, 9.17) is 4.52 Å². The van der Waals surface area contributed by atoms with Crippen LogP contribution < -0.4 is 5.32 Å². The van der Waals surface area contributed by atoms with Gasteiger partial charge in [-0.1, -0.05) is 5.16 Å². The van der Waals surface area contributed by atoms with E-state index in [2.05, 4.69) is 20.6 Å².